The maximum atomic E-state index is 4.66. The Bertz CT molecular complexity index is 2740. The highest BCUT2D eigenvalue weighted by molar-refractivity contribution is 5.88. The van der Waals surface area contributed by atoms with Crippen molar-refractivity contribution in [3.05, 3.63) is 219 Å². The Hall–Kier alpha value is -7.70. The maximum Gasteiger partial charge on any atom is 0.0708 e. The number of anilines is 6. The molecule has 0 aliphatic carbocycles. The monoisotopic (exact) mass is 734 g/mol. The predicted molar refractivity (Wildman–Crippen MR) is 233 cm³/mol. The zero-order valence-corrected chi connectivity index (χ0v) is 31.4. The second-order valence-corrected chi connectivity index (χ2v) is 13.7. The molecule has 6 heteroatoms. The average molecular weight is 735 g/mol. The van der Waals surface area contributed by atoms with Crippen molar-refractivity contribution in [1.29, 1.82) is 0 Å². The smallest absolute Gasteiger partial charge is 0.0708 e. The molecule has 0 aliphatic rings. The third-order valence-corrected chi connectivity index (χ3v) is 10.1. The minimum atomic E-state index is 0.948. The number of hydrogen-bond acceptors (Lipinski definition) is 6. The van der Waals surface area contributed by atoms with Crippen LogP contribution in [-0.4, -0.2) is 19.9 Å². The van der Waals surface area contributed by atoms with Crippen molar-refractivity contribution in [2.24, 2.45) is 0 Å². The molecular weight excluding hydrogens is 697 g/mol. The lowest BCUT2D eigenvalue weighted by molar-refractivity contribution is 1.20. The van der Waals surface area contributed by atoms with Crippen molar-refractivity contribution >= 4 is 34.1 Å². The first kappa shape index (κ1) is 35.0. The van der Waals surface area contributed by atoms with Crippen molar-refractivity contribution in [1.82, 2.24) is 19.9 Å². The molecule has 6 nitrogen and oxygen atoms in total. The lowest BCUT2D eigenvalue weighted by atomic mass is 9.95. The first-order valence-electron chi connectivity index (χ1n) is 18.9. The summed E-state index contributed by atoms with van der Waals surface area (Å²) in [5.41, 5.74) is 15.7. The molecular formula is C51H38N6. The highest BCUT2D eigenvalue weighted by atomic mass is 15.2. The van der Waals surface area contributed by atoms with E-state index in [9.17, 15) is 0 Å². The van der Waals surface area contributed by atoms with Crippen LogP contribution in [0.3, 0.4) is 0 Å². The van der Waals surface area contributed by atoms with Gasteiger partial charge in [-0.25, -0.2) is 0 Å². The molecule has 0 amide bonds. The van der Waals surface area contributed by atoms with Gasteiger partial charge in [0.1, 0.15) is 0 Å². The molecule has 57 heavy (non-hydrogen) atoms. The van der Waals surface area contributed by atoms with Crippen LogP contribution in [0.15, 0.2) is 213 Å². The molecule has 272 valence electrons. The van der Waals surface area contributed by atoms with E-state index in [4.69, 9.17) is 0 Å². The van der Waals surface area contributed by atoms with E-state index in [1.165, 1.54) is 0 Å². The maximum absolute atomic E-state index is 4.66. The van der Waals surface area contributed by atoms with Crippen molar-refractivity contribution in [3.63, 3.8) is 0 Å². The molecule has 0 radical (unpaired) electrons. The zero-order valence-electron chi connectivity index (χ0n) is 31.4. The molecule has 4 heterocycles. The van der Waals surface area contributed by atoms with Gasteiger partial charge in [-0.1, -0.05) is 84.9 Å². The normalized spacial score (nSPS) is 10.9. The summed E-state index contributed by atoms with van der Waals surface area (Å²) in [6.07, 6.45) is 11.1. The third-order valence-electron chi connectivity index (χ3n) is 10.1. The van der Waals surface area contributed by atoms with E-state index < -0.39 is 0 Å². The van der Waals surface area contributed by atoms with Crippen LogP contribution in [0.1, 0.15) is 5.56 Å². The average Bonchev–Trinajstić information content (AvgIpc) is 3.29. The van der Waals surface area contributed by atoms with E-state index in [0.717, 1.165) is 84.5 Å². The Labute approximate surface area is 333 Å². The van der Waals surface area contributed by atoms with Crippen molar-refractivity contribution in [3.8, 4) is 44.8 Å². The van der Waals surface area contributed by atoms with Crippen LogP contribution in [0.5, 0.6) is 0 Å². The van der Waals surface area contributed by atoms with E-state index in [2.05, 4.69) is 176 Å². The van der Waals surface area contributed by atoms with E-state index >= 15 is 0 Å². The molecule has 0 fully saturated rings. The molecule has 0 spiro atoms. The molecule has 0 saturated carbocycles. The van der Waals surface area contributed by atoms with Gasteiger partial charge in [0.25, 0.3) is 0 Å². The Kier molecular flexibility index (Phi) is 9.80. The topological polar surface area (TPSA) is 58.0 Å². The number of pyridine rings is 4. The SMILES string of the molecule is Cc1cc(-c2ccccc2-c2ccccn2)ccc1N(c1cccnc1)c1cccc(N(c2ccc(-c3ccccc3-c3ccccn3)cc2)c2cccnc2)c1. The Balaban J connectivity index is 1.11. The van der Waals surface area contributed by atoms with Crippen molar-refractivity contribution < 1.29 is 0 Å². The number of benzene rings is 5. The fourth-order valence-corrected chi connectivity index (χ4v) is 7.44. The van der Waals surface area contributed by atoms with E-state index in [-0.39, 0.29) is 0 Å². The molecule has 0 aliphatic heterocycles. The molecule has 4 aromatic heterocycles. The molecule has 9 aromatic rings. The number of rotatable bonds is 10. The third kappa shape index (κ3) is 7.27. The second kappa shape index (κ2) is 16.0. The minimum Gasteiger partial charge on any atom is -0.309 e. The molecule has 5 aromatic carbocycles. The van der Waals surface area contributed by atoms with Crippen LogP contribution in [0.4, 0.5) is 34.1 Å². The lowest BCUT2D eigenvalue weighted by Gasteiger charge is -2.30. The Morgan fingerprint density at radius 1 is 0.351 bits per heavy atom. The van der Waals surface area contributed by atoms with Gasteiger partial charge in [0, 0.05) is 58.7 Å². The number of aromatic nitrogens is 4. The number of nitrogens with zero attached hydrogens (tertiary/aromatic N) is 6. The van der Waals surface area contributed by atoms with E-state index in [1.807, 2.05) is 67.4 Å². The van der Waals surface area contributed by atoms with Gasteiger partial charge < -0.3 is 9.80 Å². The summed E-state index contributed by atoms with van der Waals surface area (Å²) in [7, 11) is 0. The quantitative estimate of drug-likeness (QED) is 0.139. The standard InChI is InChI=1S/C51H38N6/c1-37-33-39(46-18-3-5-20-48(46)50-22-7-9-32-55-50)25-28-51(37)57(44-16-12-30-53-36-44)42-14-10-13-41(34-42)56(43-15-11-29-52-35-43)40-26-23-38(24-27-40)45-17-2-4-19-47(45)49-21-6-8-31-54-49/h2-36H,1H3. The molecule has 0 bridgehead atoms. The predicted octanol–water partition coefficient (Wildman–Crippen LogP) is 13.2. The van der Waals surface area contributed by atoms with Gasteiger partial charge in [-0.3, -0.25) is 19.9 Å². The molecule has 0 N–H and O–H groups in total. The van der Waals surface area contributed by atoms with Gasteiger partial charge in [0.05, 0.1) is 35.2 Å². The fourth-order valence-electron chi connectivity index (χ4n) is 7.44. The van der Waals surface area contributed by atoms with Crippen LogP contribution in [-0.2, 0) is 0 Å². The first-order valence-corrected chi connectivity index (χ1v) is 18.9. The van der Waals surface area contributed by atoms with Gasteiger partial charge in [0.15, 0.2) is 0 Å². The highest BCUT2D eigenvalue weighted by Crippen LogP contribution is 2.43. The second-order valence-electron chi connectivity index (χ2n) is 13.7. The van der Waals surface area contributed by atoms with E-state index in [1.54, 1.807) is 6.20 Å². The fraction of sp³-hybridized carbons (Fsp3) is 0.0196. The number of hydrogen-bond donors (Lipinski definition) is 0. The van der Waals surface area contributed by atoms with Gasteiger partial charge in [-0.15, -0.1) is 0 Å². The van der Waals surface area contributed by atoms with Gasteiger partial charge in [-0.2, -0.15) is 0 Å². The summed E-state index contributed by atoms with van der Waals surface area (Å²) in [5.74, 6) is 0. The van der Waals surface area contributed by atoms with Crippen LogP contribution >= 0.6 is 0 Å². The van der Waals surface area contributed by atoms with Gasteiger partial charge in [0.2, 0.25) is 0 Å². The highest BCUT2D eigenvalue weighted by Gasteiger charge is 2.20. The van der Waals surface area contributed by atoms with Crippen LogP contribution in [0.25, 0.3) is 44.8 Å². The van der Waals surface area contributed by atoms with E-state index in [0.29, 0.717) is 0 Å². The summed E-state index contributed by atoms with van der Waals surface area (Å²) in [6.45, 7) is 2.17. The van der Waals surface area contributed by atoms with Gasteiger partial charge >= 0.3 is 0 Å². The van der Waals surface area contributed by atoms with Crippen LogP contribution < -0.4 is 9.80 Å². The first-order chi connectivity index (χ1) is 28.2. The summed E-state index contributed by atoms with van der Waals surface area (Å²) >= 11 is 0. The Morgan fingerprint density at radius 2 is 0.860 bits per heavy atom. The van der Waals surface area contributed by atoms with Gasteiger partial charge in [-0.05, 0) is 126 Å². The summed E-state index contributed by atoms with van der Waals surface area (Å²) in [5, 5.41) is 0. The molecule has 0 unspecified atom stereocenters. The molecule has 9 rings (SSSR count). The lowest BCUT2D eigenvalue weighted by Crippen LogP contribution is -2.14. The molecule has 0 saturated heterocycles. The van der Waals surface area contributed by atoms with Crippen LogP contribution in [0, 0.1) is 6.92 Å². The largest absolute Gasteiger partial charge is 0.309 e. The summed E-state index contributed by atoms with van der Waals surface area (Å²) in [6, 6.07) is 61.1. The van der Waals surface area contributed by atoms with Crippen molar-refractivity contribution in [2.75, 3.05) is 9.80 Å². The van der Waals surface area contributed by atoms with Crippen molar-refractivity contribution in [2.45, 2.75) is 6.92 Å². The summed E-state index contributed by atoms with van der Waals surface area (Å²) in [4.78, 5) is 22.9. The minimum absolute atomic E-state index is 0.948. The molecule has 0 atom stereocenters. The number of aryl methyl sites for hydroxylation is 1. The van der Waals surface area contributed by atoms with Crippen LogP contribution in [0.2, 0.25) is 0 Å². The zero-order chi connectivity index (χ0) is 38.4. The Morgan fingerprint density at radius 3 is 1.40 bits per heavy atom. The summed E-state index contributed by atoms with van der Waals surface area (Å²) < 4.78 is 0.